The van der Waals surface area contributed by atoms with E-state index >= 15 is 0 Å². The van der Waals surface area contributed by atoms with Gasteiger partial charge in [0.2, 0.25) is 11.8 Å². The van der Waals surface area contributed by atoms with Crippen LogP contribution in [0.1, 0.15) is 18.4 Å². The first kappa shape index (κ1) is 23.2. The predicted molar refractivity (Wildman–Crippen MR) is 105 cm³/mol. The van der Waals surface area contributed by atoms with E-state index in [4.69, 9.17) is 0 Å². The summed E-state index contributed by atoms with van der Waals surface area (Å²) >= 11 is 1.39. The molecule has 1 aromatic heterocycles. The number of carbonyl (C=O) groups is 4. The second kappa shape index (κ2) is 11.2. The van der Waals surface area contributed by atoms with Crippen LogP contribution in [0.5, 0.6) is 0 Å². The van der Waals surface area contributed by atoms with Gasteiger partial charge in [-0.2, -0.15) is 11.8 Å². The van der Waals surface area contributed by atoms with Crippen molar-refractivity contribution in [3.63, 3.8) is 0 Å². The lowest BCUT2D eigenvalue weighted by Crippen LogP contribution is -2.68. The molecule has 0 bridgehead atoms. The number of hydrogen-bond acceptors (Lipinski definition) is 7. The van der Waals surface area contributed by atoms with E-state index in [9.17, 15) is 29.4 Å². The molecule has 0 aliphatic carbocycles. The molecule has 1 heterocycles. The number of para-hydroxylation sites is 1. The lowest BCUT2D eigenvalue weighted by Gasteiger charge is -2.19. The minimum absolute atomic E-state index is 0.0377. The topological polar surface area (TPSA) is 182 Å². The summed E-state index contributed by atoms with van der Waals surface area (Å²) in [7, 11) is 0. The van der Waals surface area contributed by atoms with Gasteiger partial charge in [-0.15, -0.1) is 0 Å². The zero-order valence-electron chi connectivity index (χ0n) is 16.1. The van der Waals surface area contributed by atoms with E-state index in [-0.39, 0.29) is 18.6 Å². The van der Waals surface area contributed by atoms with Crippen LogP contribution in [0.15, 0.2) is 30.5 Å². The molecule has 11 heteroatoms. The fourth-order valence-corrected chi connectivity index (χ4v) is 3.74. The van der Waals surface area contributed by atoms with Crippen LogP contribution in [0.2, 0.25) is 0 Å². The lowest BCUT2D eigenvalue weighted by molar-refractivity contribution is -0.438. The Labute approximate surface area is 176 Å². The van der Waals surface area contributed by atoms with Crippen molar-refractivity contribution in [2.75, 3.05) is 12.3 Å². The molecule has 0 saturated heterocycles. The quantitative estimate of drug-likeness (QED) is 0.272. The van der Waals surface area contributed by atoms with Gasteiger partial charge < -0.3 is 41.2 Å². The van der Waals surface area contributed by atoms with E-state index in [2.05, 4.69) is 21.4 Å². The molecule has 0 spiro atoms. The molecular formula is C19H23N4O6S-. The number of carbonyl (C=O) groups excluding carboxylic acids is 4. The molecule has 2 amide bonds. The third-order valence-electron chi connectivity index (χ3n) is 4.33. The molecule has 0 radical (unpaired) electrons. The third kappa shape index (κ3) is 7.08. The molecule has 0 aliphatic heterocycles. The Bertz CT molecular complexity index is 915. The largest absolute Gasteiger partial charge is 0.548 e. The number of thioether (sulfide) groups is 1. The maximum Gasteiger partial charge on any atom is 0.243 e. The van der Waals surface area contributed by atoms with Crippen LogP contribution in [-0.4, -0.2) is 53.1 Å². The molecule has 2 rings (SSSR count). The maximum absolute atomic E-state index is 12.3. The lowest BCUT2D eigenvalue weighted by atomic mass is 10.1. The summed E-state index contributed by atoms with van der Waals surface area (Å²) < 4.78 is 0. The van der Waals surface area contributed by atoms with E-state index < -0.39 is 42.4 Å². The molecule has 1 aromatic carbocycles. The number of quaternary nitrogens is 1. The van der Waals surface area contributed by atoms with E-state index in [1.165, 1.54) is 11.8 Å². The van der Waals surface area contributed by atoms with Gasteiger partial charge in [0.15, 0.2) is 0 Å². The molecule has 30 heavy (non-hydrogen) atoms. The fourth-order valence-electron chi connectivity index (χ4n) is 2.69. The summed E-state index contributed by atoms with van der Waals surface area (Å²) in [6, 6.07) is 5.72. The number of aromatic amines is 1. The van der Waals surface area contributed by atoms with Crippen molar-refractivity contribution in [1.82, 2.24) is 15.6 Å². The van der Waals surface area contributed by atoms with E-state index in [1.807, 2.05) is 30.5 Å². The van der Waals surface area contributed by atoms with E-state index in [0.29, 0.717) is 5.75 Å². The van der Waals surface area contributed by atoms with Crippen LogP contribution in [0.4, 0.5) is 0 Å². The molecule has 0 fully saturated rings. The van der Waals surface area contributed by atoms with Gasteiger partial charge in [0.25, 0.3) is 0 Å². The number of benzene rings is 1. The summed E-state index contributed by atoms with van der Waals surface area (Å²) in [6.45, 7) is -0.677. The number of carboxylic acid groups (broad SMARTS) is 2. The number of aromatic nitrogens is 1. The van der Waals surface area contributed by atoms with Crippen molar-refractivity contribution < 1.29 is 35.1 Å². The number of aliphatic carboxylic acids is 2. The molecular weight excluding hydrogens is 412 g/mol. The number of nitrogens with one attached hydrogen (secondary N) is 3. The Hall–Kier alpha value is -3.05. The first-order chi connectivity index (χ1) is 14.3. The van der Waals surface area contributed by atoms with Crippen LogP contribution in [0, 0.1) is 0 Å². The van der Waals surface area contributed by atoms with Gasteiger partial charge >= 0.3 is 0 Å². The number of fused-ring (bicyclic) bond motifs is 1. The van der Waals surface area contributed by atoms with Crippen LogP contribution >= 0.6 is 11.8 Å². The Morgan fingerprint density at radius 2 is 1.90 bits per heavy atom. The molecule has 2 atom stereocenters. The molecule has 0 saturated carbocycles. The third-order valence-corrected chi connectivity index (χ3v) is 5.41. The van der Waals surface area contributed by atoms with Crippen molar-refractivity contribution >= 4 is 46.4 Å². The minimum atomic E-state index is -1.45. The molecule has 2 aromatic rings. The first-order valence-electron chi connectivity index (χ1n) is 9.21. The zero-order chi connectivity index (χ0) is 22.1. The van der Waals surface area contributed by atoms with Crippen molar-refractivity contribution in [3.05, 3.63) is 36.0 Å². The average molecular weight is 435 g/mol. The summed E-state index contributed by atoms with van der Waals surface area (Å²) in [5.74, 6) is -3.25. The van der Waals surface area contributed by atoms with Crippen molar-refractivity contribution in [1.29, 1.82) is 0 Å². The van der Waals surface area contributed by atoms with Crippen LogP contribution in [0.25, 0.3) is 10.9 Å². The van der Waals surface area contributed by atoms with Crippen LogP contribution < -0.4 is 26.6 Å². The Kier molecular flexibility index (Phi) is 8.69. The van der Waals surface area contributed by atoms with Crippen molar-refractivity contribution in [2.24, 2.45) is 0 Å². The summed E-state index contributed by atoms with van der Waals surface area (Å²) in [4.78, 5) is 48.8. The van der Waals surface area contributed by atoms with E-state index in [1.54, 1.807) is 0 Å². The minimum Gasteiger partial charge on any atom is -0.548 e. The smallest absolute Gasteiger partial charge is 0.243 e. The monoisotopic (exact) mass is 435 g/mol. The van der Waals surface area contributed by atoms with Crippen LogP contribution in [-0.2, 0) is 24.9 Å². The van der Waals surface area contributed by atoms with Crippen molar-refractivity contribution in [3.8, 4) is 0 Å². The van der Waals surface area contributed by atoms with Gasteiger partial charge in [-0.05, 0) is 11.6 Å². The van der Waals surface area contributed by atoms with Gasteiger partial charge in [0.05, 0.1) is 18.5 Å². The zero-order valence-corrected chi connectivity index (χ0v) is 17.0. The number of amides is 2. The summed E-state index contributed by atoms with van der Waals surface area (Å²) in [5, 5.41) is 27.1. The summed E-state index contributed by atoms with van der Waals surface area (Å²) in [5.41, 5.74) is 5.39. The number of rotatable bonds is 12. The standard InChI is InChI=1S/C19H24N4O6S/c20-13(19(28)29)5-6-16(24)23-15(18(27)22-8-17(25)26)10-30-9-11-7-21-14-4-2-1-3-12(11)14/h1-4,7,13,15,21H,5-6,8-10,20H2,(H,22,27)(H,23,24)(H,25,26)(H,28,29)/p-1/t13-,15-/m0/s1. The Morgan fingerprint density at radius 3 is 2.60 bits per heavy atom. The van der Waals surface area contributed by atoms with Gasteiger partial charge in [-0.25, -0.2) is 0 Å². The van der Waals surface area contributed by atoms with Crippen molar-refractivity contribution in [2.45, 2.75) is 30.7 Å². The second-order valence-electron chi connectivity index (χ2n) is 6.64. The molecule has 162 valence electrons. The highest BCUT2D eigenvalue weighted by Crippen LogP contribution is 2.22. The second-order valence-corrected chi connectivity index (χ2v) is 7.67. The van der Waals surface area contributed by atoms with Gasteiger partial charge in [-0.1, -0.05) is 18.2 Å². The SMILES string of the molecule is [NH3+][C@@H](CCC(=O)N[C@@H](CSCc1c[nH]c2ccccc12)C(=O)NCC(=O)[O-])C(=O)[O-]. The Balaban J connectivity index is 1.94. The Morgan fingerprint density at radius 1 is 1.17 bits per heavy atom. The van der Waals surface area contributed by atoms with Gasteiger partial charge in [0, 0.05) is 41.4 Å². The van der Waals surface area contributed by atoms with E-state index in [0.717, 1.165) is 16.5 Å². The number of H-pyrrole nitrogens is 1. The van der Waals surface area contributed by atoms with Crippen LogP contribution in [0.3, 0.4) is 0 Å². The highest BCUT2D eigenvalue weighted by molar-refractivity contribution is 7.98. The summed E-state index contributed by atoms with van der Waals surface area (Å²) in [6.07, 6.45) is 1.68. The highest BCUT2D eigenvalue weighted by Gasteiger charge is 2.21. The molecule has 10 nitrogen and oxygen atoms in total. The van der Waals surface area contributed by atoms with Gasteiger partial charge in [-0.3, -0.25) is 9.59 Å². The highest BCUT2D eigenvalue weighted by atomic mass is 32.2. The maximum atomic E-state index is 12.3. The fraction of sp³-hybridized carbons (Fsp3) is 0.368. The normalized spacial score (nSPS) is 12.8. The van der Waals surface area contributed by atoms with Gasteiger partial charge in [0.1, 0.15) is 12.1 Å². The number of carboxylic acids is 2. The molecule has 0 unspecified atom stereocenters. The predicted octanol–water partition coefficient (Wildman–Crippen LogP) is -3.11. The number of hydrogen-bond donors (Lipinski definition) is 4. The molecule has 0 aliphatic rings. The average Bonchev–Trinajstić information content (AvgIpc) is 3.12. The first-order valence-corrected chi connectivity index (χ1v) is 10.4. The molecule has 6 N–H and O–H groups in total.